The maximum absolute atomic E-state index is 12.6. The van der Waals surface area contributed by atoms with E-state index in [1.54, 1.807) is 0 Å². The number of phosphoric acid groups is 1. The Hall–Kier alpha value is -2.36. The third-order valence-corrected chi connectivity index (χ3v) is 11.0. The number of carbonyl (C=O) groups is 1. The number of hydrogen-bond donors (Lipinski definition) is 3. The molecule has 0 radical (unpaired) electrons. The summed E-state index contributed by atoms with van der Waals surface area (Å²) < 4.78 is 33.4. The number of allylic oxidation sites excluding steroid dienone is 14. The number of unbranched alkanes of at least 4 members (excludes halogenated alkanes) is 18. The van der Waals surface area contributed by atoms with Gasteiger partial charge in [-0.15, -0.1) is 0 Å². The van der Waals surface area contributed by atoms with Crippen LogP contribution in [-0.2, 0) is 27.9 Å². The minimum atomic E-state index is -4.54. The van der Waals surface area contributed by atoms with E-state index in [2.05, 4.69) is 98.9 Å². The fourth-order valence-corrected chi connectivity index (χ4v) is 7.15. The molecule has 0 aliphatic heterocycles. The Kier molecular flexibility index (Phi) is 46.3. The number of esters is 1. The van der Waals surface area contributed by atoms with Crippen molar-refractivity contribution in [2.45, 2.75) is 206 Å². The lowest BCUT2D eigenvalue weighted by Gasteiger charge is -2.20. The summed E-state index contributed by atoms with van der Waals surface area (Å²) in [5.74, 6) is -0.441. The predicted molar refractivity (Wildman–Crippen MR) is 260 cm³/mol. The first kappa shape index (κ1) is 59.6. The number of hydrogen-bond acceptors (Lipinski definition) is 8. The zero-order chi connectivity index (χ0) is 45.3. The van der Waals surface area contributed by atoms with Crippen molar-refractivity contribution in [1.29, 1.82) is 0 Å². The Morgan fingerprint density at radius 2 is 0.919 bits per heavy atom. The van der Waals surface area contributed by atoms with Crippen molar-refractivity contribution in [3.8, 4) is 0 Å². The summed E-state index contributed by atoms with van der Waals surface area (Å²) in [6, 6.07) is 0. The van der Waals surface area contributed by atoms with Gasteiger partial charge in [0.2, 0.25) is 0 Å². The molecule has 0 amide bonds. The molecule has 0 aliphatic carbocycles. The first-order chi connectivity index (χ1) is 30.3. The van der Waals surface area contributed by atoms with Crippen LogP contribution in [0.2, 0.25) is 0 Å². The van der Waals surface area contributed by atoms with Crippen molar-refractivity contribution in [2.24, 2.45) is 0 Å². The van der Waals surface area contributed by atoms with Crippen LogP contribution in [0.5, 0.6) is 0 Å². The molecule has 0 saturated carbocycles. The van der Waals surface area contributed by atoms with Gasteiger partial charge < -0.3 is 24.6 Å². The summed E-state index contributed by atoms with van der Waals surface area (Å²) in [5, 5.41) is 18.4. The van der Waals surface area contributed by atoms with Gasteiger partial charge >= 0.3 is 13.8 Å². The number of aliphatic hydroxyl groups is 2. The van der Waals surface area contributed by atoms with Crippen LogP contribution in [0.3, 0.4) is 0 Å². The molecular formula is C52H91O9P. The number of phosphoric ester groups is 1. The molecule has 9 nitrogen and oxygen atoms in total. The summed E-state index contributed by atoms with van der Waals surface area (Å²) in [5.41, 5.74) is 0. The van der Waals surface area contributed by atoms with Gasteiger partial charge in [-0.25, -0.2) is 4.57 Å². The van der Waals surface area contributed by atoms with Crippen LogP contribution in [0.4, 0.5) is 0 Å². The van der Waals surface area contributed by atoms with Gasteiger partial charge in [0.15, 0.2) is 0 Å². The molecule has 0 aliphatic rings. The normalized spacial score (nSPS) is 14.6. The predicted octanol–water partition coefficient (Wildman–Crippen LogP) is 14.3. The molecule has 3 atom stereocenters. The average molecular weight is 891 g/mol. The maximum Gasteiger partial charge on any atom is 0.472 e. The van der Waals surface area contributed by atoms with Crippen molar-refractivity contribution in [3.05, 3.63) is 85.1 Å². The zero-order valence-electron chi connectivity index (χ0n) is 39.3. The van der Waals surface area contributed by atoms with E-state index < -0.39 is 45.8 Å². The highest BCUT2D eigenvalue weighted by Crippen LogP contribution is 2.43. The minimum absolute atomic E-state index is 0.0213. The van der Waals surface area contributed by atoms with Gasteiger partial charge in [0.1, 0.15) is 12.2 Å². The molecule has 358 valence electrons. The van der Waals surface area contributed by atoms with E-state index in [4.69, 9.17) is 23.6 Å². The smallest absolute Gasteiger partial charge is 0.457 e. The second-order valence-corrected chi connectivity index (χ2v) is 17.5. The quantitative estimate of drug-likeness (QED) is 0.0236. The van der Waals surface area contributed by atoms with Gasteiger partial charge in [0.25, 0.3) is 0 Å². The molecule has 62 heavy (non-hydrogen) atoms. The molecule has 3 N–H and O–H groups in total. The third kappa shape index (κ3) is 47.1. The lowest BCUT2D eigenvalue weighted by atomic mass is 10.0. The van der Waals surface area contributed by atoms with Crippen LogP contribution in [-0.4, -0.2) is 66.3 Å². The van der Waals surface area contributed by atoms with Crippen LogP contribution in [0.15, 0.2) is 85.1 Å². The molecule has 0 bridgehead atoms. The Morgan fingerprint density at radius 3 is 1.39 bits per heavy atom. The topological polar surface area (TPSA) is 132 Å². The molecule has 0 aromatic carbocycles. The van der Waals surface area contributed by atoms with E-state index in [1.807, 2.05) is 0 Å². The summed E-state index contributed by atoms with van der Waals surface area (Å²) in [6.45, 7) is 3.31. The van der Waals surface area contributed by atoms with Crippen LogP contribution in [0, 0.1) is 0 Å². The lowest BCUT2D eigenvalue weighted by molar-refractivity contribution is -0.154. The van der Waals surface area contributed by atoms with Crippen LogP contribution < -0.4 is 0 Å². The monoisotopic (exact) mass is 891 g/mol. The highest BCUT2D eigenvalue weighted by Gasteiger charge is 2.26. The molecule has 0 aromatic rings. The Bertz CT molecular complexity index is 1240. The first-order valence-corrected chi connectivity index (χ1v) is 26.1. The molecule has 0 fully saturated rings. The zero-order valence-corrected chi connectivity index (χ0v) is 40.2. The maximum atomic E-state index is 12.6. The van der Waals surface area contributed by atoms with Gasteiger partial charge in [-0.2, -0.15) is 0 Å². The van der Waals surface area contributed by atoms with Crippen LogP contribution >= 0.6 is 7.82 Å². The largest absolute Gasteiger partial charge is 0.472 e. The SMILES string of the molecule is CC/C=C\C/C=C\C/C=C\C/C=C\C/C=C\CCCC(=O)OC(COCCCCCCCCCCCCCC/C=C\C/C=C\CCCCCCC)COP(=O)(O)OCC(O)CO. The number of carbonyl (C=O) groups excluding carboxylic acids is 1. The summed E-state index contributed by atoms with van der Waals surface area (Å²) in [7, 11) is -4.54. The fourth-order valence-electron chi connectivity index (χ4n) is 6.36. The summed E-state index contributed by atoms with van der Waals surface area (Å²) in [6.07, 6.45) is 59.9. The summed E-state index contributed by atoms with van der Waals surface area (Å²) >= 11 is 0. The third-order valence-electron chi connectivity index (χ3n) is 10.1. The van der Waals surface area contributed by atoms with Crippen molar-refractivity contribution in [2.75, 3.05) is 33.0 Å². The van der Waals surface area contributed by atoms with Gasteiger partial charge in [-0.1, -0.05) is 189 Å². The number of rotatable bonds is 46. The van der Waals surface area contributed by atoms with Crippen LogP contribution in [0.25, 0.3) is 0 Å². The Balaban J connectivity index is 4.16. The van der Waals surface area contributed by atoms with Gasteiger partial charge in [-0.05, 0) is 83.5 Å². The molecule has 0 aromatic heterocycles. The van der Waals surface area contributed by atoms with Crippen molar-refractivity contribution < 1.29 is 43.0 Å². The second-order valence-electron chi connectivity index (χ2n) is 16.1. The fraction of sp³-hybridized carbons (Fsp3) is 0.712. The van der Waals surface area contributed by atoms with E-state index >= 15 is 0 Å². The molecule has 0 spiro atoms. The van der Waals surface area contributed by atoms with Crippen LogP contribution in [0.1, 0.15) is 194 Å². The molecule has 3 unspecified atom stereocenters. The Labute approximate surface area is 379 Å². The highest BCUT2D eigenvalue weighted by atomic mass is 31.2. The lowest BCUT2D eigenvalue weighted by Crippen LogP contribution is -2.29. The van der Waals surface area contributed by atoms with Crippen molar-refractivity contribution in [3.63, 3.8) is 0 Å². The molecular weight excluding hydrogens is 800 g/mol. The molecule has 0 saturated heterocycles. The van der Waals surface area contributed by atoms with Crippen molar-refractivity contribution in [1.82, 2.24) is 0 Å². The first-order valence-electron chi connectivity index (χ1n) is 24.6. The standard InChI is InChI=1S/C52H91O9P/c1-3-5-7-9-11-13-15-17-19-21-22-23-24-25-26-27-29-31-33-35-37-39-41-43-45-58-48-51(49-60-62(56,57)59-47-50(54)46-53)61-52(55)44-42-40-38-36-34-32-30-28-20-18-16-14-12-10-8-6-4-2/h6,8,12,14-15,17-18,20-22,30,32,36,38,50-51,53-54H,3-5,7,9-11,13,16,19,23-29,31,33-35,37,39-49H2,1-2H3,(H,56,57)/b8-6-,14-12-,17-15-,20-18-,22-21-,32-30-,38-36-. The number of ether oxygens (including phenoxy) is 2. The molecule has 10 heteroatoms. The van der Waals surface area contributed by atoms with E-state index in [9.17, 15) is 19.4 Å². The summed E-state index contributed by atoms with van der Waals surface area (Å²) in [4.78, 5) is 22.6. The van der Waals surface area contributed by atoms with E-state index in [0.717, 1.165) is 64.2 Å². The average Bonchev–Trinajstić information content (AvgIpc) is 3.26. The highest BCUT2D eigenvalue weighted by molar-refractivity contribution is 7.47. The Morgan fingerprint density at radius 1 is 0.516 bits per heavy atom. The van der Waals surface area contributed by atoms with E-state index in [0.29, 0.717) is 13.0 Å². The molecule has 0 heterocycles. The van der Waals surface area contributed by atoms with E-state index in [-0.39, 0.29) is 13.0 Å². The van der Waals surface area contributed by atoms with Gasteiger partial charge in [-0.3, -0.25) is 13.8 Å². The second kappa shape index (κ2) is 48.1. The van der Waals surface area contributed by atoms with Gasteiger partial charge in [0.05, 0.1) is 26.4 Å². The number of aliphatic hydroxyl groups excluding tert-OH is 2. The minimum Gasteiger partial charge on any atom is -0.457 e. The van der Waals surface area contributed by atoms with Crippen molar-refractivity contribution >= 4 is 13.8 Å². The molecule has 0 rings (SSSR count). The van der Waals surface area contributed by atoms with Gasteiger partial charge in [0, 0.05) is 13.0 Å². The van der Waals surface area contributed by atoms with E-state index in [1.165, 1.54) is 103 Å².